The molecular formula is C19H28IN5O2S. The van der Waals surface area contributed by atoms with Crippen LogP contribution in [0.3, 0.4) is 0 Å². The molecule has 0 saturated heterocycles. The maximum Gasteiger partial charge on any atom is 0.227 e. The van der Waals surface area contributed by atoms with Crippen LogP contribution in [-0.4, -0.2) is 41.6 Å². The fourth-order valence-electron chi connectivity index (χ4n) is 2.35. The van der Waals surface area contributed by atoms with Gasteiger partial charge in [-0.15, -0.1) is 24.0 Å². The van der Waals surface area contributed by atoms with Gasteiger partial charge in [0.25, 0.3) is 0 Å². The lowest BCUT2D eigenvalue weighted by molar-refractivity contribution is -0.116. The van der Waals surface area contributed by atoms with E-state index in [2.05, 4.69) is 25.9 Å². The molecule has 2 aromatic rings. The maximum absolute atomic E-state index is 12.0. The van der Waals surface area contributed by atoms with E-state index in [1.807, 2.05) is 42.8 Å². The van der Waals surface area contributed by atoms with Gasteiger partial charge in [-0.05, 0) is 55.3 Å². The highest BCUT2D eigenvalue weighted by Gasteiger charge is 2.23. The number of aliphatic imine (C=N–C) groups is 1. The Morgan fingerprint density at radius 1 is 1.32 bits per heavy atom. The van der Waals surface area contributed by atoms with Gasteiger partial charge < -0.3 is 21.1 Å². The SMILES string of the molecule is CCNC(=NCC(C)(O)c1ccsc1)NCCC(=O)Nc1cccc(C)n1.I. The van der Waals surface area contributed by atoms with Crippen molar-refractivity contribution in [2.45, 2.75) is 32.8 Å². The molecule has 0 radical (unpaired) electrons. The molecule has 0 spiro atoms. The van der Waals surface area contributed by atoms with E-state index in [1.165, 1.54) is 0 Å². The van der Waals surface area contributed by atoms with Crippen molar-refractivity contribution >= 4 is 53.0 Å². The number of amides is 1. The van der Waals surface area contributed by atoms with E-state index < -0.39 is 5.60 Å². The topological polar surface area (TPSA) is 98.6 Å². The number of aryl methyl sites for hydroxylation is 1. The lowest BCUT2D eigenvalue weighted by atomic mass is 10.00. The van der Waals surface area contributed by atoms with Crippen molar-refractivity contribution in [2.75, 3.05) is 25.0 Å². The number of pyridine rings is 1. The van der Waals surface area contributed by atoms with Crippen LogP contribution in [-0.2, 0) is 10.4 Å². The number of halogens is 1. The molecule has 0 bridgehead atoms. The smallest absolute Gasteiger partial charge is 0.227 e. The monoisotopic (exact) mass is 517 g/mol. The zero-order valence-electron chi connectivity index (χ0n) is 16.4. The third-order valence-electron chi connectivity index (χ3n) is 3.83. The number of carbonyl (C=O) groups excluding carboxylic acids is 1. The second-order valence-corrected chi connectivity index (χ2v) is 7.15. The van der Waals surface area contributed by atoms with Crippen LogP contribution in [0.1, 0.15) is 31.5 Å². The predicted octanol–water partition coefficient (Wildman–Crippen LogP) is 2.86. The molecule has 2 rings (SSSR count). The van der Waals surface area contributed by atoms with Crippen LogP contribution in [0.15, 0.2) is 40.0 Å². The molecule has 2 aromatic heterocycles. The fourth-order valence-corrected chi connectivity index (χ4v) is 3.13. The first-order valence-corrected chi connectivity index (χ1v) is 9.86. The van der Waals surface area contributed by atoms with Crippen LogP contribution in [0.4, 0.5) is 5.82 Å². The minimum Gasteiger partial charge on any atom is -0.383 e. The molecule has 154 valence electrons. The van der Waals surface area contributed by atoms with Gasteiger partial charge >= 0.3 is 0 Å². The van der Waals surface area contributed by atoms with Crippen molar-refractivity contribution < 1.29 is 9.90 Å². The Morgan fingerprint density at radius 2 is 2.11 bits per heavy atom. The molecule has 0 aromatic carbocycles. The van der Waals surface area contributed by atoms with Gasteiger partial charge in [0.2, 0.25) is 5.91 Å². The van der Waals surface area contributed by atoms with E-state index in [9.17, 15) is 9.90 Å². The Bertz CT molecular complexity index is 765. The highest BCUT2D eigenvalue weighted by atomic mass is 127. The number of aliphatic hydroxyl groups is 1. The Morgan fingerprint density at radius 3 is 2.75 bits per heavy atom. The summed E-state index contributed by atoms with van der Waals surface area (Å²) < 4.78 is 0. The van der Waals surface area contributed by atoms with Crippen molar-refractivity contribution in [3.63, 3.8) is 0 Å². The number of thiophene rings is 1. The van der Waals surface area contributed by atoms with Crippen molar-refractivity contribution in [2.24, 2.45) is 4.99 Å². The second-order valence-electron chi connectivity index (χ2n) is 6.37. The standard InChI is InChI=1S/C19H27N5O2S.HI/c1-4-20-18(22-13-19(3,26)15-9-11-27-12-15)21-10-8-17(25)24-16-7-5-6-14(2)23-16;/h5-7,9,11-12,26H,4,8,10,13H2,1-3H3,(H2,20,21,22)(H,23,24,25);1H. The van der Waals surface area contributed by atoms with Crippen LogP contribution in [0.25, 0.3) is 0 Å². The zero-order valence-corrected chi connectivity index (χ0v) is 19.5. The first-order chi connectivity index (χ1) is 12.9. The first kappa shape index (κ1) is 24.3. The van der Waals surface area contributed by atoms with Crippen LogP contribution < -0.4 is 16.0 Å². The highest BCUT2D eigenvalue weighted by Crippen LogP contribution is 2.23. The summed E-state index contributed by atoms with van der Waals surface area (Å²) in [6.45, 7) is 6.91. The number of anilines is 1. The number of aromatic nitrogens is 1. The van der Waals surface area contributed by atoms with Crippen molar-refractivity contribution in [1.82, 2.24) is 15.6 Å². The minimum atomic E-state index is -1.03. The Hall–Kier alpha value is -1.72. The molecule has 0 aliphatic heterocycles. The lowest BCUT2D eigenvalue weighted by Gasteiger charge is -2.21. The molecule has 9 heteroatoms. The number of carbonyl (C=O) groups is 1. The van der Waals surface area contributed by atoms with Gasteiger partial charge in [0.15, 0.2) is 5.96 Å². The predicted molar refractivity (Wildman–Crippen MR) is 126 cm³/mol. The number of hydrogen-bond donors (Lipinski definition) is 4. The third-order valence-corrected chi connectivity index (χ3v) is 4.52. The van der Waals surface area contributed by atoms with Gasteiger partial charge in [-0.2, -0.15) is 11.3 Å². The van der Waals surface area contributed by atoms with Gasteiger partial charge in [-0.1, -0.05) is 6.07 Å². The summed E-state index contributed by atoms with van der Waals surface area (Å²) in [5.74, 6) is 0.989. The molecule has 4 N–H and O–H groups in total. The fraction of sp³-hybridized carbons (Fsp3) is 0.421. The highest BCUT2D eigenvalue weighted by molar-refractivity contribution is 14.0. The van der Waals surface area contributed by atoms with E-state index >= 15 is 0 Å². The molecule has 2 heterocycles. The maximum atomic E-state index is 12.0. The zero-order chi connectivity index (χ0) is 19.7. The molecule has 0 saturated carbocycles. The number of guanidine groups is 1. The Balaban J connectivity index is 0.00000392. The summed E-state index contributed by atoms with van der Waals surface area (Å²) in [4.78, 5) is 20.7. The third kappa shape index (κ3) is 8.11. The Kier molecular flexibility index (Phi) is 10.4. The summed E-state index contributed by atoms with van der Waals surface area (Å²) >= 11 is 1.54. The molecule has 0 aliphatic carbocycles. The second kappa shape index (κ2) is 12.0. The summed E-state index contributed by atoms with van der Waals surface area (Å²) in [5, 5.41) is 23.4. The number of rotatable bonds is 8. The molecule has 7 nitrogen and oxygen atoms in total. The van der Waals surface area contributed by atoms with E-state index in [0.717, 1.165) is 11.3 Å². The lowest BCUT2D eigenvalue weighted by Crippen LogP contribution is -2.40. The van der Waals surface area contributed by atoms with E-state index in [1.54, 1.807) is 24.3 Å². The van der Waals surface area contributed by atoms with Crippen molar-refractivity contribution in [3.05, 3.63) is 46.3 Å². The molecule has 28 heavy (non-hydrogen) atoms. The van der Waals surface area contributed by atoms with E-state index in [4.69, 9.17) is 0 Å². The van der Waals surface area contributed by atoms with Crippen LogP contribution in [0.5, 0.6) is 0 Å². The number of nitrogens with zero attached hydrogens (tertiary/aromatic N) is 2. The molecule has 1 unspecified atom stereocenters. The van der Waals surface area contributed by atoms with Gasteiger partial charge in [0, 0.05) is 25.2 Å². The molecule has 1 atom stereocenters. The summed E-state index contributed by atoms with van der Waals surface area (Å²) in [6.07, 6.45) is 0.279. The normalized spacial score (nSPS) is 13.2. The van der Waals surface area contributed by atoms with Gasteiger partial charge in [-0.3, -0.25) is 4.79 Å². The molecular weight excluding hydrogens is 489 g/mol. The molecule has 0 aliphatic rings. The minimum absolute atomic E-state index is 0. The molecule has 1 amide bonds. The van der Waals surface area contributed by atoms with Crippen molar-refractivity contribution in [3.8, 4) is 0 Å². The van der Waals surface area contributed by atoms with Crippen LogP contribution in [0.2, 0.25) is 0 Å². The molecule has 0 fully saturated rings. The van der Waals surface area contributed by atoms with Crippen LogP contribution in [0, 0.1) is 6.92 Å². The number of nitrogens with one attached hydrogen (secondary N) is 3. The van der Waals surface area contributed by atoms with Crippen molar-refractivity contribution in [1.29, 1.82) is 0 Å². The summed E-state index contributed by atoms with van der Waals surface area (Å²) in [6, 6.07) is 7.38. The quantitative estimate of drug-likeness (QED) is 0.245. The van der Waals surface area contributed by atoms with E-state index in [-0.39, 0.29) is 42.8 Å². The van der Waals surface area contributed by atoms with Gasteiger partial charge in [0.05, 0.1) is 6.54 Å². The average Bonchev–Trinajstić information content (AvgIpc) is 3.15. The largest absolute Gasteiger partial charge is 0.383 e. The summed E-state index contributed by atoms with van der Waals surface area (Å²) in [7, 11) is 0. The van der Waals surface area contributed by atoms with Gasteiger partial charge in [0.1, 0.15) is 11.4 Å². The Labute approximate surface area is 187 Å². The van der Waals surface area contributed by atoms with E-state index in [0.29, 0.717) is 24.9 Å². The van der Waals surface area contributed by atoms with Gasteiger partial charge in [-0.25, -0.2) is 9.98 Å². The average molecular weight is 517 g/mol. The number of hydrogen-bond acceptors (Lipinski definition) is 5. The summed E-state index contributed by atoms with van der Waals surface area (Å²) in [5.41, 5.74) is 0.665. The van der Waals surface area contributed by atoms with Crippen LogP contribution >= 0.6 is 35.3 Å². The first-order valence-electron chi connectivity index (χ1n) is 8.91.